The van der Waals surface area contributed by atoms with Crippen LogP contribution in [-0.4, -0.2) is 9.98 Å². The number of ketones is 1. The fraction of sp³-hybridized carbons (Fsp3) is 0.500. The Morgan fingerprint density at radius 3 is 2.73 bits per heavy atom. The number of carbonyl (C=O) groups is 1. The fourth-order valence-electron chi connectivity index (χ4n) is 0.817. The van der Waals surface area contributed by atoms with Crippen molar-refractivity contribution in [1.29, 1.82) is 0 Å². The number of hydrogen-bond donors (Lipinski definition) is 0. The molecule has 0 amide bonds. The van der Waals surface area contributed by atoms with E-state index in [9.17, 15) is 4.79 Å². The summed E-state index contributed by atoms with van der Waals surface area (Å²) >= 11 is 6.41. The van der Waals surface area contributed by atoms with Crippen LogP contribution in [0.5, 0.6) is 0 Å². The molecular formula is C8H10OS2. The second-order valence-corrected chi connectivity index (χ2v) is 4.65. The van der Waals surface area contributed by atoms with Gasteiger partial charge in [-0.2, -0.15) is 0 Å². The van der Waals surface area contributed by atoms with Gasteiger partial charge in [0.25, 0.3) is 0 Å². The van der Waals surface area contributed by atoms with Crippen LogP contribution in [0.15, 0.2) is 11.0 Å². The highest BCUT2D eigenvalue weighted by Crippen LogP contribution is 2.30. The first-order valence-electron chi connectivity index (χ1n) is 3.56. The highest BCUT2D eigenvalue weighted by Gasteiger charge is 2.19. The lowest BCUT2D eigenvalue weighted by molar-refractivity contribution is -0.117. The molecule has 0 saturated heterocycles. The lowest BCUT2D eigenvalue weighted by Crippen LogP contribution is -2.06. The molecule has 1 rings (SSSR count). The third kappa shape index (κ3) is 2.14. The predicted molar refractivity (Wildman–Crippen MR) is 52.7 cm³/mol. The summed E-state index contributed by atoms with van der Waals surface area (Å²) in [7, 11) is 0. The summed E-state index contributed by atoms with van der Waals surface area (Å²) in [5, 5.41) is 0. The van der Waals surface area contributed by atoms with Crippen molar-refractivity contribution in [3.63, 3.8) is 0 Å². The van der Waals surface area contributed by atoms with Crippen molar-refractivity contribution < 1.29 is 4.79 Å². The maximum Gasteiger partial charge on any atom is 0.171 e. The first-order valence-corrected chi connectivity index (χ1v) is 4.79. The average Bonchev–Trinajstić information content (AvgIpc) is 2.34. The van der Waals surface area contributed by atoms with Gasteiger partial charge in [-0.15, -0.1) is 0 Å². The Morgan fingerprint density at radius 1 is 1.73 bits per heavy atom. The van der Waals surface area contributed by atoms with Crippen LogP contribution in [0.2, 0.25) is 0 Å². The van der Waals surface area contributed by atoms with Gasteiger partial charge in [0.05, 0.1) is 9.10 Å². The molecule has 0 aliphatic carbocycles. The number of rotatable bonds is 2. The van der Waals surface area contributed by atoms with Gasteiger partial charge in [-0.25, -0.2) is 0 Å². The van der Waals surface area contributed by atoms with Gasteiger partial charge in [-0.3, -0.25) is 4.79 Å². The number of Topliss-reactive ketones (excluding diaryl/α,β-unsaturated/α-hetero) is 1. The number of carbonyl (C=O) groups excluding carboxylic acids is 1. The zero-order valence-electron chi connectivity index (χ0n) is 6.59. The third-order valence-corrected chi connectivity index (χ3v) is 2.84. The van der Waals surface area contributed by atoms with Crippen molar-refractivity contribution in [2.24, 2.45) is 5.92 Å². The van der Waals surface area contributed by atoms with Gasteiger partial charge in [0.15, 0.2) is 5.78 Å². The minimum Gasteiger partial charge on any atom is -0.293 e. The molecule has 3 heteroatoms. The molecule has 0 atom stereocenters. The molecule has 1 aliphatic rings. The van der Waals surface area contributed by atoms with Crippen molar-refractivity contribution in [3.8, 4) is 0 Å². The molecule has 0 fully saturated rings. The zero-order valence-corrected chi connectivity index (χ0v) is 8.22. The van der Waals surface area contributed by atoms with Gasteiger partial charge in [0.1, 0.15) is 0 Å². The number of thiocarbonyl (C=S) groups is 1. The highest BCUT2D eigenvalue weighted by molar-refractivity contribution is 8.26. The maximum atomic E-state index is 11.3. The van der Waals surface area contributed by atoms with Crippen LogP contribution >= 0.6 is 24.0 Å². The molecule has 1 heterocycles. The minimum absolute atomic E-state index is 0.0923. The van der Waals surface area contributed by atoms with Crippen LogP contribution in [0.3, 0.4) is 0 Å². The van der Waals surface area contributed by atoms with Crippen LogP contribution in [-0.2, 0) is 4.79 Å². The molecule has 0 radical (unpaired) electrons. The summed E-state index contributed by atoms with van der Waals surface area (Å²) in [6, 6.07) is 0. The normalized spacial score (nSPS) is 17.4. The SMILES string of the molecule is CC(C)C(=O)C1=CCC(=S)S1. The topological polar surface area (TPSA) is 17.1 Å². The quantitative estimate of drug-likeness (QED) is 0.617. The van der Waals surface area contributed by atoms with E-state index in [2.05, 4.69) is 0 Å². The zero-order chi connectivity index (χ0) is 8.43. The number of allylic oxidation sites excluding steroid dienone is 2. The molecule has 60 valence electrons. The monoisotopic (exact) mass is 186 g/mol. The molecule has 11 heavy (non-hydrogen) atoms. The Balaban J connectivity index is 2.63. The summed E-state index contributed by atoms with van der Waals surface area (Å²) in [5.41, 5.74) is 0. The van der Waals surface area contributed by atoms with E-state index < -0.39 is 0 Å². The van der Waals surface area contributed by atoms with Gasteiger partial charge in [0, 0.05) is 12.3 Å². The van der Waals surface area contributed by atoms with Crippen molar-refractivity contribution in [3.05, 3.63) is 11.0 Å². The predicted octanol–water partition coefficient (Wildman–Crippen LogP) is 2.56. The van der Waals surface area contributed by atoms with Crippen molar-refractivity contribution >= 4 is 34.0 Å². The van der Waals surface area contributed by atoms with E-state index in [1.165, 1.54) is 11.8 Å². The van der Waals surface area contributed by atoms with Crippen LogP contribution in [0, 0.1) is 5.92 Å². The Morgan fingerprint density at radius 2 is 2.36 bits per heavy atom. The van der Waals surface area contributed by atoms with Gasteiger partial charge in [0.2, 0.25) is 0 Å². The molecule has 0 aromatic rings. The van der Waals surface area contributed by atoms with Crippen LogP contribution < -0.4 is 0 Å². The highest BCUT2D eigenvalue weighted by atomic mass is 32.2. The Hall–Kier alpha value is -0.150. The number of thioether (sulfide) groups is 1. The molecule has 0 saturated carbocycles. The summed E-state index contributed by atoms with van der Waals surface area (Å²) in [4.78, 5) is 12.2. The van der Waals surface area contributed by atoms with Gasteiger partial charge >= 0.3 is 0 Å². The van der Waals surface area contributed by atoms with E-state index >= 15 is 0 Å². The summed E-state index contributed by atoms with van der Waals surface area (Å²) < 4.78 is 0.911. The smallest absolute Gasteiger partial charge is 0.171 e. The van der Waals surface area contributed by atoms with Crippen molar-refractivity contribution in [2.45, 2.75) is 20.3 Å². The van der Waals surface area contributed by atoms with E-state index in [0.717, 1.165) is 15.5 Å². The van der Waals surface area contributed by atoms with E-state index in [1.807, 2.05) is 19.9 Å². The minimum atomic E-state index is 0.0923. The summed E-state index contributed by atoms with van der Waals surface area (Å²) in [5.74, 6) is 0.310. The second kappa shape index (κ2) is 3.50. The van der Waals surface area contributed by atoms with E-state index in [1.54, 1.807) is 0 Å². The first kappa shape index (κ1) is 8.94. The molecule has 0 spiro atoms. The largest absolute Gasteiger partial charge is 0.293 e. The lowest BCUT2D eigenvalue weighted by atomic mass is 10.1. The molecule has 0 N–H and O–H groups in total. The van der Waals surface area contributed by atoms with Crippen LogP contribution in [0.25, 0.3) is 0 Å². The molecule has 1 nitrogen and oxygen atoms in total. The maximum absolute atomic E-state index is 11.3. The van der Waals surface area contributed by atoms with Crippen LogP contribution in [0.1, 0.15) is 20.3 Å². The summed E-state index contributed by atoms with van der Waals surface area (Å²) in [6.45, 7) is 3.82. The lowest BCUT2D eigenvalue weighted by Gasteiger charge is -2.02. The van der Waals surface area contributed by atoms with Crippen molar-refractivity contribution in [1.82, 2.24) is 0 Å². The average molecular weight is 186 g/mol. The Kier molecular flexibility index (Phi) is 2.84. The molecular weight excluding hydrogens is 176 g/mol. The standard InChI is InChI=1S/C8H10OS2/c1-5(2)8(9)6-3-4-7(10)11-6/h3,5H,4H2,1-2H3. The molecule has 0 bridgehead atoms. The summed E-state index contributed by atoms with van der Waals surface area (Å²) in [6.07, 6.45) is 2.71. The van der Waals surface area contributed by atoms with Crippen LogP contribution in [0.4, 0.5) is 0 Å². The van der Waals surface area contributed by atoms with Gasteiger partial charge in [-0.1, -0.05) is 43.9 Å². The molecule has 1 aliphatic heterocycles. The van der Waals surface area contributed by atoms with E-state index in [0.29, 0.717) is 0 Å². The number of hydrogen-bond acceptors (Lipinski definition) is 3. The van der Waals surface area contributed by atoms with E-state index in [-0.39, 0.29) is 11.7 Å². The molecule has 0 unspecified atom stereocenters. The Labute approximate surface area is 76.2 Å². The van der Waals surface area contributed by atoms with Gasteiger partial charge < -0.3 is 0 Å². The fourth-order valence-corrected chi connectivity index (χ4v) is 2.08. The van der Waals surface area contributed by atoms with E-state index in [4.69, 9.17) is 12.2 Å². The molecule has 0 aromatic heterocycles. The first-order chi connectivity index (χ1) is 5.11. The second-order valence-electron chi connectivity index (χ2n) is 2.77. The third-order valence-electron chi connectivity index (χ3n) is 1.45. The van der Waals surface area contributed by atoms with Gasteiger partial charge in [-0.05, 0) is 0 Å². The van der Waals surface area contributed by atoms with Crippen molar-refractivity contribution in [2.75, 3.05) is 0 Å². The molecule has 0 aromatic carbocycles. The Bertz CT molecular complexity index is 228.